The van der Waals surface area contributed by atoms with Crippen LogP contribution >= 0.6 is 11.6 Å². The zero-order valence-electron chi connectivity index (χ0n) is 13.7. The highest BCUT2D eigenvalue weighted by molar-refractivity contribution is 6.30. The first-order valence-electron chi connectivity index (χ1n) is 8.47. The van der Waals surface area contributed by atoms with E-state index in [1.165, 1.54) is 0 Å². The maximum absolute atomic E-state index is 12.6. The van der Waals surface area contributed by atoms with Crippen LogP contribution in [0, 0.1) is 0 Å². The third-order valence-electron chi connectivity index (χ3n) is 4.56. The molecule has 2 N–H and O–H groups in total. The van der Waals surface area contributed by atoms with Gasteiger partial charge in [-0.25, -0.2) is 4.98 Å². The number of amides is 1. The average molecular weight is 355 g/mol. The summed E-state index contributed by atoms with van der Waals surface area (Å²) in [6, 6.07) is 15.1. The third kappa shape index (κ3) is 3.25. The number of piperidine rings is 1. The summed E-state index contributed by atoms with van der Waals surface area (Å²) >= 11 is 5.90. The maximum atomic E-state index is 12.6. The van der Waals surface area contributed by atoms with Crippen molar-refractivity contribution in [3.05, 3.63) is 59.1 Å². The Hall–Kier alpha value is -2.37. The molecule has 1 amide bonds. The number of para-hydroxylation sites is 2. The van der Waals surface area contributed by atoms with Crippen LogP contribution in [-0.4, -0.2) is 28.5 Å². The number of benzene rings is 2. The van der Waals surface area contributed by atoms with Crippen molar-refractivity contribution < 1.29 is 4.79 Å². The van der Waals surface area contributed by atoms with Gasteiger partial charge in [0.05, 0.1) is 11.0 Å². The van der Waals surface area contributed by atoms with Crippen molar-refractivity contribution in [3.63, 3.8) is 0 Å². The van der Waals surface area contributed by atoms with Gasteiger partial charge in [0, 0.05) is 23.2 Å². The van der Waals surface area contributed by atoms with E-state index >= 15 is 0 Å². The maximum Gasteiger partial charge on any atom is 0.257 e. The topological polar surface area (TPSA) is 59.0 Å². The number of fused-ring (bicyclic) bond motifs is 1. The fourth-order valence-corrected chi connectivity index (χ4v) is 3.46. The standard InChI is InChI=1S/C19H19ClN4O/c20-14-9-7-13(8-10-14)18(25)23-19-22-16-5-1-2-6-17(16)24(19)15-4-3-11-21-12-15/h1-2,5-10,15,21H,3-4,11-12H2,(H,22,23,25). The lowest BCUT2D eigenvalue weighted by molar-refractivity contribution is 0.102. The quantitative estimate of drug-likeness (QED) is 0.750. The van der Waals surface area contributed by atoms with E-state index < -0.39 is 0 Å². The molecule has 2 aromatic carbocycles. The predicted molar refractivity (Wildman–Crippen MR) is 100 cm³/mol. The summed E-state index contributed by atoms with van der Waals surface area (Å²) < 4.78 is 2.15. The molecule has 1 fully saturated rings. The lowest BCUT2D eigenvalue weighted by atomic mass is 10.1. The predicted octanol–water partition coefficient (Wildman–Crippen LogP) is 3.87. The highest BCUT2D eigenvalue weighted by Crippen LogP contribution is 2.28. The molecule has 4 rings (SSSR count). The second-order valence-electron chi connectivity index (χ2n) is 6.26. The van der Waals surface area contributed by atoms with Gasteiger partial charge in [0.15, 0.2) is 0 Å². The molecule has 1 aromatic heterocycles. The number of hydrogen-bond acceptors (Lipinski definition) is 3. The van der Waals surface area contributed by atoms with Crippen LogP contribution in [0.2, 0.25) is 5.02 Å². The molecule has 3 aromatic rings. The molecule has 1 aliphatic heterocycles. The van der Waals surface area contributed by atoms with Crippen LogP contribution in [-0.2, 0) is 0 Å². The SMILES string of the molecule is O=C(Nc1nc2ccccc2n1C1CCCNC1)c1ccc(Cl)cc1. The molecule has 0 spiro atoms. The molecule has 128 valence electrons. The van der Waals surface area contributed by atoms with Crippen LogP contribution in [0.4, 0.5) is 5.95 Å². The largest absolute Gasteiger partial charge is 0.315 e. The summed E-state index contributed by atoms with van der Waals surface area (Å²) in [5.74, 6) is 0.409. The first-order valence-corrected chi connectivity index (χ1v) is 8.85. The molecule has 0 radical (unpaired) electrons. The Morgan fingerprint density at radius 2 is 2.00 bits per heavy atom. The molecule has 25 heavy (non-hydrogen) atoms. The lowest BCUT2D eigenvalue weighted by Gasteiger charge is -2.26. The first-order chi connectivity index (χ1) is 12.2. The minimum absolute atomic E-state index is 0.183. The van der Waals surface area contributed by atoms with Crippen LogP contribution in [0.1, 0.15) is 29.2 Å². The number of nitrogens with one attached hydrogen (secondary N) is 2. The molecule has 1 aliphatic rings. The summed E-state index contributed by atoms with van der Waals surface area (Å²) in [5.41, 5.74) is 2.49. The normalized spacial score (nSPS) is 17.6. The Morgan fingerprint density at radius 3 is 2.76 bits per heavy atom. The van der Waals surface area contributed by atoms with Crippen molar-refractivity contribution in [1.29, 1.82) is 0 Å². The molecule has 1 unspecified atom stereocenters. The van der Waals surface area contributed by atoms with Crippen molar-refractivity contribution in [3.8, 4) is 0 Å². The van der Waals surface area contributed by atoms with Crippen molar-refractivity contribution in [2.75, 3.05) is 18.4 Å². The smallest absolute Gasteiger partial charge is 0.257 e. The summed E-state index contributed by atoms with van der Waals surface area (Å²) in [6.07, 6.45) is 2.18. The van der Waals surface area contributed by atoms with Gasteiger partial charge in [0.25, 0.3) is 5.91 Å². The van der Waals surface area contributed by atoms with E-state index in [0.29, 0.717) is 16.5 Å². The minimum Gasteiger partial charge on any atom is -0.315 e. The van der Waals surface area contributed by atoms with Gasteiger partial charge in [0.1, 0.15) is 0 Å². The Labute approximate surface area is 151 Å². The van der Waals surface area contributed by atoms with Crippen LogP contribution in [0.25, 0.3) is 11.0 Å². The van der Waals surface area contributed by atoms with Gasteiger partial charge in [-0.1, -0.05) is 23.7 Å². The summed E-state index contributed by atoms with van der Waals surface area (Å²) in [7, 11) is 0. The van der Waals surface area contributed by atoms with Crippen molar-refractivity contribution in [2.24, 2.45) is 0 Å². The first kappa shape index (κ1) is 16.1. The van der Waals surface area contributed by atoms with Crippen molar-refractivity contribution in [1.82, 2.24) is 14.9 Å². The molecule has 1 atom stereocenters. The summed E-state index contributed by atoms with van der Waals surface area (Å²) in [6.45, 7) is 1.92. The van der Waals surface area contributed by atoms with E-state index in [2.05, 4.69) is 26.3 Å². The van der Waals surface area contributed by atoms with Gasteiger partial charge in [0.2, 0.25) is 5.95 Å². The molecule has 6 heteroatoms. The fourth-order valence-electron chi connectivity index (χ4n) is 3.33. The van der Waals surface area contributed by atoms with E-state index in [1.54, 1.807) is 24.3 Å². The lowest BCUT2D eigenvalue weighted by Crippen LogP contribution is -2.32. The second kappa shape index (κ2) is 6.86. The van der Waals surface area contributed by atoms with E-state index in [-0.39, 0.29) is 11.9 Å². The summed E-state index contributed by atoms with van der Waals surface area (Å²) in [5, 5.41) is 7.01. The number of imidazole rings is 1. The average Bonchev–Trinajstić information content (AvgIpc) is 3.00. The third-order valence-corrected chi connectivity index (χ3v) is 4.82. The van der Waals surface area contributed by atoms with Gasteiger partial charge in [-0.15, -0.1) is 0 Å². The Balaban J connectivity index is 1.70. The van der Waals surface area contributed by atoms with E-state index in [1.807, 2.05) is 18.2 Å². The van der Waals surface area contributed by atoms with Crippen LogP contribution in [0.5, 0.6) is 0 Å². The summed E-state index contributed by atoms with van der Waals surface area (Å²) in [4.78, 5) is 17.3. The number of carbonyl (C=O) groups is 1. The zero-order chi connectivity index (χ0) is 17.2. The molecule has 2 heterocycles. The fraction of sp³-hybridized carbons (Fsp3) is 0.263. The van der Waals surface area contributed by atoms with Crippen molar-refractivity contribution >= 4 is 34.5 Å². The Morgan fingerprint density at radius 1 is 1.20 bits per heavy atom. The molecule has 0 bridgehead atoms. The monoisotopic (exact) mass is 354 g/mol. The molecule has 1 saturated heterocycles. The number of aromatic nitrogens is 2. The van der Waals surface area contributed by atoms with E-state index in [9.17, 15) is 4.79 Å². The number of hydrogen-bond donors (Lipinski definition) is 2. The van der Waals surface area contributed by atoms with E-state index in [0.717, 1.165) is 37.0 Å². The molecule has 5 nitrogen and oxygen atoms in total. The highest BCUT2D eigenvalue weighted by Gasteiger charge is 2.22. The number of anilines is 1. The Kier molecular flexibility index (Phi) is 4.42. The molecular weight excluding hydrogens is 336 g/mol. The zero-order valence-corrected chi connectivity index (χ0v) is 14.5. The number of nitrogens with zero attached hydrogens (tertiary/aromatic N) is 2. The van der Waals surface area contributed by atoms with Gasteiger partial charge < -0.3 is 9.88 Å². The molecule has 0 saturated carbocycles. The number of rotatable bonds is 3. The van der Waals surface area contributed by atoms with E-state index in [4.69, 9.17) is 11.6 Å². The number of halogens is 1. The molecular formula is C19H19ClN4O. The second-order valence-corrected chi connectivity index (χ2v) is 6.69. The van der Waals surface area contributed by atoms with Gasteiger partial charge in [-0.05, 0) is 55.8 Å². The number of carbonyl (C=O) groups excluding carboxylic acids is 1. The minimum atomic E-state index is -0.183. The van der Waals surface area contributed by atoms with Crippen LogP contribution in [0.15, 0.2) is 48.5 Å². The molecule has 0 aliphatic carbocycles. The van der Waals surface area contributed by atoms with Gasteiger partial charge >= 0.3 is 0 Å². The van der Waals surface area contributed by atoms with Gasteiger partial charge in [-0.2, -0.15) is 0 Å². The highest BCUT2D eigenvalue weighted by atomic mass is 35.5. The van der Waals surface area contributed by atoms with Crippen LogP contribution < -0.4 is 10.6 Å². The van der Waals surface area contributed by atoms with Crippen molar-refractivity contribution in [2.45, 2.75) is 18.9 Å². The Bertz CT molecular complexity index is 897. The van der Waals surface area contributed by atoms with Gasteiger partial charge in [-0.3, -0.25) is 10.1 Å². The van der Waals surface area contributed by atoms with Crippen LogP contribution in [0.3, 0.4) is 0 Å².